The fourth-order valence-corrected chi connectivity index (χ4v) is 6.35. The van der Waals surface area contributed by atoms with Crippen molar-refractivity contribution in [2.75, 3.05) is 38.2 Å². The number of aryl methyl sites for hydroxylation is 1. The van der Waals surface area contributed by atoms with Crippen LogP contribution in [-0.2, 0) is 36.3 Å². The van der Waals surface area contributed by atoms with Crippen LogP contribution in [0.2, 0.25) is 0 Å². The molecule has 5 rings (SSSR count). The zero-order valence-corrected chi connectivity index (χ0v) is 19.8. The molecule has 0 aromatic heterocycles. The molecule has 2 fully saturated rings. The Hall–Kier alpha value is -3.28. The third-order valence-corrected chi connectivity index (χ3v) is 8.61. The van der Waals surface area contributed by atoms with E-state index in [2.05, 4.69) is 10.6 Å². The van der Waals surface area contributed by atoms with Crippen molar-refractivity contribution in [1.29, 1.82) is 0 Å². The van der Waals surface area contributed by atoms with Gasteiger partial charge in [-0.05, 0) is 54.7 Å². The smallest absolute Gasteiger partial charge is 0.325 e. The van der Waals surface area contributed by atoms with Gasteiger partial charge in [0.25, 0.3) is 5.91 Å². The largest absolute Gasteiger partial charge is 0.379 e. The van der Waals surface area contributed by atoms with Gasteiger partial charge in [0, 0.05) is 18.8 Å². The van der Waals surface area contributed by atoms with Crippen LogP contribution in [0, 0.1) is 0 Å². The van der Waals surface area contributed by atoms with Crippen molar-refractivity contribution in [2.24, 2.45) is 0 Å². The van der Waals surface area contributed by atoms with Gasteiger partial charge in [0.05, 0.1) is 18.1 Å². The Kier molecular flexibility index (Phi) is 6.07. The molecule has 2 heterocycles. The highest BCUT2D eigenvalue weighted by Gasteiger charge is 2.54. The molecule has 1 spiro atoms. The Labute approximate surface area is 203 Å². The number of nitrogens with one attached hydrogen (secondary N) is 2. The number of benzene rings is 2. The molecule has 2 saturated heterocycles. The third-order valence-electron chi connectivity index (χ3n) is 6.70. The Morgan fingerprint density at radius 2 is 1.77 bits per heavy atom. The molecule has 35 heavy (non-hydrogen) atoms. The van der Waals surface area contributed by atoms with Crippen molar-refractivity contribution in [3.63, 3.8) is 0 Å². The summed E-state index contributed by atoms with van der Waals surface area (Å²) >= 11 is 0. The van der Waals surface area contributed by atoms with Gasteiger partial charge in [-0.15, -0.1) is 0 Å². The number of anilines is 1. The van der Waals surface area contributed by atoms with Crippen LogP contribution in [0.3, 0.4) is 0 Å². The van der Waals surface area contributed by atoms with Crippen LogP contribution in [0.15, 0.2) is 53.4 Å². The molecule has 0 unspecified atom stereocenters. The topological polar surface area (TPSA) is 125 Å². The Morgan fingerprint density at radius 1 is 1.06 bits per heavy atom. The number of imide groups is 1. The number of carbonyl (C=O) groups excluding carboxylic acids is 3. The second kappa shape index (κ2) is 9.06. The number of ether oxygens (including phenoxy) is 1. The zero-order chi connectivity index (χ0) is 24.6. The average molecular weight is 499 g/mol. The van der Waals surface area contributed by atoms with Gasteiger partial charge in [-0.25, -0.2) is 13.2 Å². The molecule has 10 nitrogen and oxygen atoms in total. The summed E-state index contributed by atoms with van der Waals surface area (Å²) in [5.41, 5.74) is 1.03. The highest BCUT2D eigenvalue weighted by molar-refractivity contribution is 7.89. The summed E-state index contributed by atoms with van der Waals surface area (Å²) in [6, 6.07) is 12.7. The number of fused-ring (bicyclic) bond motifs is 2. The first-order valence-electron chi connectivity index (χ1n) is 11.5. The van der Waals surface area contributed by atoms with Crippen molar-refractivity contribution in [2.45, 2.75) is 29.7 Å². The molecule has 2 aromatic rings. The van der Waals surface area contributed by atoms with E-state index in [-0.39, 0.29) is 4.90 Å². The zero-order valence-electron chi connectivity index (χ0n) is 19.0. The van der Waals surface area contributed by atoms with Crippen LogP contribution < -0.4 is 10.6 Å². The molecule has 0 radical (unpaired) electrons. The molecule has 2 aliphatic heterocycles. The maximum absolute atomic E-state index is 13.3. The summed E-state index contributed by atoms with van der Waals surface area (Å²) < 4.78 is 32.1. The normalized spacial score (nSPS) is 22.7. The van der Waals surface area contributed by atoms with Crippen LogP contribution >= 0.6 is 0 Å². The van der Waals surface area contributed by atoms with Gasteiger partial charge in [0.15, 0.2) is 0 Å². The van der Waals surface area contributed by atoms with Crippen molar-refractivity contribution < 1.29 is 27.5 Å². The van der Waals surface area contributed by atoms with E-state index in [9.17, 15) is 22.8 Å². The molecule has 2 aromatic carbocycles. The third kappa shape index (κ3) is 4.19. The number of nitrogens with zero attached hydrogens (tertiary/aromatic N) is 2. The first-order valence-corrected chi connectivity index (χ1v) is 13.0. The lowest BCUT2D eigenvalue weighted by Gasteiger charge is -2.33. The number of hydrogen-bond donors (Lipinski definition) is 2. The van der Waals surface area contributed by atoms with Gasteiger partial charge in [0.1, 0.15) is 12.1 Å². The van der Waals surface area contributed by atoms with Crippen molar-refractivity contribution in [3.8, 4) is 0 Å². The molecule has 1 aliphatic carbocycles. The molecule has 184 valence electrons. The fraction of sp³-hybridized carbons (Fsp3) is 0.375. The van der Waals surface area contributed by atoms with Crippen LogP contribution in [0.1, 0.15) is 24.0 Å². The Bertz CT molecular complexity index is 1270. The monoisotopic (exact) mass is 498 g/mol. The van der Waals surface area contributed by atoms with E-state index in [1.54, 1.807) is 0 Å². The van der Waals surface area contributed by atoms with E-state index < -0.39 is 40.0 Å². The molecular formula is C24H26N4O6S. The lowest BCUT2D eigenvalue weighted by atomic mass is 9.76. The van der Waals surface area contributed by atoms with Gasteiger partial charge in [-0.3, -0.25) is 14.5 Å². The van der Waals surface area contributed by atoms with Gasteiger partial charge in [-0.1, -0.05) is 24.3 Å². The molecule has 11 heteroatoms. The lowest BCUT2D eigenvalue weighted by molar-refractivity contribution is -0.134. The van der Waals surface area contributed by atoms with Gasteiger partial charge in [0.2, 0.25) is 15.9 Å². The first kappa shape index (κ1) is 23.5. The molecule has 2 N–H and O–H groups in total. The second-order valence-corrected chi connectivity index (χ2v) is 10.8. The summed E-state index contributed by atoms with van der Waals surface area (Å²) in [6.07, 6.45) is 2.06. The van der Waals surface area contributed by atoms with Crippen LogP contribution in [0.25, 0.3) is 0 Å². The number of morpholine rings is 1. The lowest BCUT2D eigenvalue weighted by Crippen LogP contribution is -2.47. The number of urea groups is 1. The van der Waals surface area contributed by atoms with E-state index in [0.717, 1.165) is 28.9 Å². The standard InChI is InChI=1S/C24H26N4O6S/c29-21(25-18-7-9-19(10-8-18)35(32,33)27-12-14-34-15-13-27)16-28-22(30)24(26-23(28)31)11-3-5-17-4-1-2-6-20(17)24/h1-2,4,6-10H,3,5,11-16H2,(H,25,29)(H,26,31)/t24-/m0/s1. The van der Waals surface area contributed by atoms with Crippen molar-refractivity contribution in [1.82, 2.24) is 14.5 Å². The molecule has 1 atom stereocenters. The predicted molar refractivity (Wildman–Crippen MR) is 126 cm³/mol. The minimum atomic E-state index is -3.65. The highest BCUT2D eigenvalue weighted by atomic mass is 32.2. The van der Waals surface area contributed by atoms with E-state index in [1.165, 1.54) is 28.6 Å². The fourth-order valence-electron chi connectivity index (χ4n) is 4.95. The number of hydrogen-bond acceptors (Lipinski definition) is 6. The highest BCUT2D eigenvalue weighted by Crippen LogP contribution is 2.39. The van der Waals surface area contributed by atoms with Gasteiger partial charge in [-0.2, -0.15) is 4.31 Å². The summed E-state index contributed by atoms with van der Waals surface area (Å²) in [5.74, 6) is -0.991. The van der Waals surface area contributed by atoms with Crippen LogP contribution in [0.4, 0.5) is 10.5 Å². The second-order valence-electron chi connectivity index (χ2n) is 8.83. The summed E-state index contributed by atoms with van der Waals surface area (Å²) in [5, 5.41) is 5.46. The van der Waals surface area contributed by atoms with Crippen molar-refractivity contribution in [3.05, 3.63) is 59.7 Å². The number of carbonyl (C=O) groups is 3. The van der Waals surface area contributed by atoms with E-state index in [4.69, 9.17) is 4.74 Å². The Balaban J connectivity index is 1.26. The van der Waals surface area contributed by atoms with Crippen molar-refractivity contribution >= 4 is 33.6 Å². The summed E-state index contributed by atoms with van der Waals surface area (Å²) in [6.45, 7) is 0.839. The maximum atomic E-state index is 13.3. The summed E-state index contributed by atoms with van der Waals surface area (Å²) in [7, 11) is -3.65. The SMILES string of the molecule is O=C(CN1C(=O)N[C@]2(CCCc3ccccc32)C1=O)Nc1ccc(S(=O)(=O)N2CCOCC2)cc1. The maximum Gasteiger partial charge on any atom is 0.325 e. The first-order chi connectivity index (χ1) is 16.8. The molecular weight excluding hydrogens is 472 g/mol. The minimum Gasteiger partial charge on any atom is -0.379 e. The van der Waals surface area contributed by atoms with Crippen LogP contribution in [0.5, 0.6) is 0 Å². The quantitative estimate of drug-likeness (QED) is 0.601. The average Bonchev–Trinajstić information content (AvgIpc) is 3.09. The molecule has 4 amide bonds. The Morgan fingerprint density at radius 3 is 2.51 bits per heavy atom. The molecule has 0 saturated carbocycles. The van der Waals surface area contributed by atoms with E-state index >= 15 is 0 Å². The number of amides is 4. The number of rotatable bonds is 5. The summed E-state index contributed by atoms with van der Waals surface area (Å²) in [4.78, 5) is 39.8. The van der Waals surface area contributed by atoms with E-state index in [0.29, 0.717) is 38.4 Å². The van der Waals surface area contributed by atoms with Crippen LogP contribution in [-0.4, -0.2) is 68.3 Å². The van der Waals surface area contributed by atoms with Gasteiger partial charge >= 0.3 is 6.03 Å². The molecule has 0 bridgehead atoms. The van der Waals surface area contributed by atoms with E-state index in [1.807, 2.05) is 24.3 Å². The predicted octanol–water partition coefficient (Wildman–Crippen LogP) is 1.43. The minimum absolute atomic E-state index is 0.115. The van der Waals surface area contributed by atoms with Gasteiger partial charge < -0.3 is 15.4 Å². The number of sulfonamides is 1. The molecule has 3 aliphatic rings.